The van der Waals surface area contributed by atoms with Crippen molar-refractivity contribution in [2.75, 3.05) is 16.7 Å². The zero-order chi connectivity index (χ0) is 24.2. The first-order chi connectivity index (χ1) is 15.6. The molecule has 3 aromatic rings. The number of anilines is 2. The van der Waals surface area contributed by atoms with Crippen molar-refractivity contribution in [3.63, 3.8) is 0 Å². The molecule has 0 aliphatic rings. The average Bonchev–Trinajstić information content (AvgIpc) is 2.81. The van der Waals surface area contributed by atoms with Crippen LogP contribution in [-0.4, -0.2) is 33.4 Å². The summed E-state index contributed by atoms with van der Waals surface area (Å²) in [5, 5.41) is 0. The minimum absolute atomic E-state index is 0.00731. The molecule has 3 rings (SSSR count). The number of hydrogen-bond acceptors (Lipinski definition) is 5. The second-order valence-corrected chi connectivity index (χ2v) is 9.34. The van der Waals surface area contributed by atoms with Gasteiger partial charge in [0.15, 0.2) is 6.10 Å². The third-order valence-corrected chi connectivity index (χ3v) is 6.74. The molecule has 0 radical (unpaired) electrons. The molecule has 8 heteroatoms. The summed E-state index contributed by atoms with van der Waals surface area (Å²) in [6, 6.07) is 19.7. The first kappa shape index (κ1) is 24.0. The molecule has 1 atom stereocenters. The van der Waals surface area contributed by atoms with Gasteiger partial charge in [0, 0.05) is 12.7 Å². The fourth-order valence-corrected chi connectivity index (χ4v) is 4.29. The molecule has 33 heavy (non-hydrogen) atoms. The molecule has 1 unspecified atom stereocenters. The Kier molecular flexibility index (Phi) is 7.18. The van der Waals surface area contributed by atoms with Gasteiger partial charge in [-0.1, -0.05) is 30.3 Å². The Morgan fingerprint density at radius 1 is 0.909 bits per heavy atom. The van der Waals surface area contributed by atoms with Crippen molar-refractivity contribution < 1.29 is 22.7 Å². The number of para-hydroxylation sites is 1. The zero-order valence-corrected chi connectivity index (χ0v) is 19.7. The molecule has 1 amide bonds. The molecule has 0 saturated carbocycles. The summed E-state index contributed by atoms with van der Waals surface area (Å²) in [7, 11) is -2.23. The summed E-state index contributed by atoms with van der Waals surface area (Å²) in [4.78, 5) is 26.5. The van der Waals surface area contributed by atoms with Crippen LogP contribution in [0, 0.1) is 13.8 Å². The number of esters is 1. The van der Waals surface area contributed by atoms with Crippen LogP contribution < -0.4 is 9.62 Å². The van der Waals surface area contributed by atoms with Gasteiger partial charge in [-0.2, -0.15) is 0 Å². The van der Waals surface area contributed by atoms with Crippen LogP contribution in [0.4, 0.5) is 11.4 Å². The fraction of sp³-hybridized carbons (Fsp3) is 0.200. The van der Waals surface area contributed by atoms with Gasteiger partial charge in [-0.3, -0.25) is 9.52 Å². The lowest BCUT2D eigenvalue weighted by Crippen LogP contribution is -2.37. The second-order valence-electron chi connectivity index (χ2n) is 7.66. The lowest BCUT2D eigenvalue weighted by molar-refractivity contribution is -0.126. The summed E-state index contributed by atoms with van der Waals surface area (Å²) < 4.78 is 33.4. The van der Waals surface area contributed by atoms with Crippen molar-refractivity contribution in [1.82, 2.24) is 0 Å². The number of amides is 1. The van der Waals surface area contributed by atoms with Crippen molar-refractivity contribution >= 4 is 33.3 Å². The Balaban J connectivity index is 1.68. The highest BCUT2D eigenvalue weighted by Crippen LogP contribution is 2.22. The summed E-state index contributed by atoms with van der Waals surface area (Å²) in [5.74, 6) is -1.10. The van der Waals surface area contributed by atoms with E-state index in [0.29, 0.717) is 11.4 Å². The molecule has 0 aliphatic carbocycles. The standard InChI is InChI=1S/C25H26N2O5S/c1-17-9-8-12-23(18(17)2)26-33(30,31)22-15-13-20(14-16-22)25(29)32-19(3)24(28)27(4)21-10-6-5-7-11-21/h5-16,19,26H,1-4H3. The third-order valence-electron chi connectivity index (χ3n) is 5.35. The first-order valence-corrected chi connectivity index (χ1v) is 11.8. The predicted molar refractivity (Wildman–Crippen MR) is 128 cm³/mol. The monoisotopic (exact) mass is 466 g/mol. The van der Waals surface area contributed by atoms with Gasteiger partial charge >= 0.3 is 5.97 Å². The van der Waals surface area contributed by atoms with E-state index in [0.717, 1.165) is 11.1 Å². The number of sulfonamides is 1. The molecule has 0 aliphatic heterocycles. The van der Waals surface area contributed by atoms with Crippen LogP contribution in [0.5, 0.6) is 0 Å². The number of rotatable bonds is 7. The Hall–Kier alpha value is -3.65. The van der Waals surface area contributed by atoms with E-state index in [-0.39, 0.29) is 16.4 Å². The quantitative estimate of drug-likeness (QED) is 0.524. The van der Waals surface area contributed by atoms with Gasteiger partial charge in [0.25, 0.3) is 15.9 Å². The van der Waals surface area contributed by atoms with Crippen molar-refractivity contribution in [2.24, 2.45) is 0 Å². The minimum Gasteiger partial charge on any atom is -0.449 e. The molecule has 172 valence electrons. The lowest BCUT2D eigenvalue weighted by Gasteiger charge is -2.21. The molecular formula is C25H26N2O5S. The average molecular weight is 467 g/mol. The van der Waals surface area contributed by atoms with E-state index in [1.54, 1.807) is 43.4 Å². The third kappa shape index (κ3) is 5.59. The summed E-state index contributed by atoms with van der Waals surface area (Å²) in [6.45, 7) is 5.23. The van der Waals surface area contributed by atoms with E-state index in [2.05, 4.69) is 4.72 Å². The van der Waals surface area contributed by atoms with E-state index in [1.165, 1.54) is 36.1 Å². The Bertz CT molecular complexity index is 1260. The number of nitrogens with one attached hydrogen (secondary N) is 1. The van der Waals surface area contributed by atoms with Crippen LogP contribution in [0.1, 0.15) is 28.4 Å². The van der Waals surface area contributed by atoms with Crippen LogP contribution in [0.3, 0.4) is 0 Å². The van der Waals surface area contributed by atoms with Gasteiger partial charge in [0.05, 0.1) is 16.1 Å². The Morgan fingerprint density at radius 2 is 1.55 bits per heavy atom. The van der Waals surface area contributed by atoms with Crippen LogP contribution in [0.2, 0.25) is 0 Å². The number of benzene rings is 3. The van der Waals surface area contributed by atoms with E-state index in [1.807, 2.05) is 26.0 Å². The van der Waals surface area contributed by atoms with Gasteiger partial charge in [0.2, 0.25) is 0 Å². The van der Waals surface area contributed by atoms with Crippen molar-refractivity contribution in [2.45, 2.75) is 31.8 Å². The predicted octanol–water partition coefficient (Wildman–Crippen LogP) is 4.31. The van der Waals surface area contributed by atoms with Crippen LogP contribution in [0.25, 0.3) is 0 Å². The summed E-state index contributed by atoms with van der Waals surface area (Å²) in [5.41, 5.74) is 3.11. The number of ether oxygens (including phenoxy) is 1. The van der Waals surface area contributed by atoms with Crippen molar-refractivity contribution in [1.29, 1.82) is 0 Å². The molecular weight excluding hydrogens is 440 g/mol. The Morgan fingerprint density at radius 3 is 2.18 bits per heavy atom. The van der Waals surface area contributed by atoms with Crippen LogP contribution in [-0.2, 0) is 19.6 Å². The molecule has 0 fully saturated rings. The van der Waals surface area contributed by atoms with Crippen molar-refractivity contribution in [3.8, 4) is 0 Å². The van der Waals surface area contributed by atoms with Crippen LogP contribution >= 0.6 is 0 Å². The number of carbonyl (C=O) groups is 2. The van der Waals surface area contributed by atoms with E-state index >= 15 is 0 Å². The molecule has 7 nitrogen and oxygen atoms in total. The fourth-order valence-electron chi connectivity index (χ4n) is 3.17. The highest BCUT2D eigenvalue weighted by molar-refractivity contribution is 7.92. The number of likely N-dealkylation sites (N-methyl/N-ethyl adjacent to an activating group) is 1. The maximum atomic E-state index is 12.7. The van der Waals surface area contributed by atoms with Gasteiger partial charge in [-0.05, 0) is 74.4 Å². The van der Waals surface area contributed by atoms with Gasteiger partial charge in [-0.15, -0.1) is 0 Å². The van der Waals surface area contributed by atoms with E-state index < -0.39 is 22.1 Å². The normalized spacial score (nSPS) is 12.0. The van der Waals surface area contributed by atoms with Gasteiger partial charge < -0.3 is 9.64 Å². The maximum absolute atomic E-state index is 12.7. The van der Waals surface area contributed by atoms with Gasteiger partial charge in [0.1, 0.15) is 0 Å². The maximum Gasteiger partial charge on any atom is 0.338 e. The number of aryl methyl sites for hydroxylation is 1. The second kappa shape index (κ2) is 9.87. The highest BCUT2D eigenvalue weighted by atomic mass is 32.2. The number of carbonyl (C=O) groups excluding carboxylic acids is 2. The molecule has 3 aromatic carbocycles. The summed E-state index contributed by atoms with van der Waals surface area (Å²) >= 11 is 0. The van der Waals surface area contributed by atoms with Gasteiger partial charge in [-0.25, -0.2) is 13.2 Å². The molecule has 0 heterocycles. The molecule has 0 saturated heterocycles. The summed E-state index contributed by atoms with van der Waals surface area (Å²) in [6.07, 6.45) is -1.02. The smallest absolute Gasteiger partial charge is 0.338 e. The minimum atomic E-state index is -3.84. The Labute approximate surface area is 194 Å². The highest BCUT2D eigenvalue weighted by Gasteiger charge is 2.24. The first-order valence-electron chi connectivity index (χ1n) is 10.3. The lowest BCUT2D eigenvalue weighted by atomic mass is 10.1. The molecule has 0 bridgehead atoms. The number of nitrogens with zero attached hydrogens (tertiary/aromatic N) is 1. The van der Waals surface area contributed by atoms with Crippen LogP contribution in [0.15, 0.2) is 77.7 Å². The van der Waals surface area contributed by atoms with E-state index in [9.17, 15) is 18.0 Å². The SMILES string of the molecule is Cc1cccc(NS(=O)(=O)c2ccc(C(=O)OC(C)C(=O)N(C)c3ccccc3)cc2)c1C. The number of hydrogen-bond donors (Lipinski definition) is 1. The zero-order valence-electron chi connectivity index (χ0n) is 18.9. The molecule has 0 spiro atoms. The topological polar surface area (TPSA) is 92.8 Å². The molecule has 1 N–H and O–H groups in total. The van der Waals surface area contributed by atoms with Crippen molar-refractivity contribution in [3.05, 3.63) is 89.5 Å². The largest absolute Gasteiger partial charge is 0.449 e. The molecule has 0 aromatic heterocycles. The van der Waals surface area contributed by atoms with E-state index in [4.69, 9.17) is 4.74 Å².